The van der Waals surface area contributed by atoms with Crippen LogP contribution in [0.1, 0.15) is 37.2 Å². The van der Waals surface area contributed by atoms with Crippen LogP contribution in [0.25, 0.3) is 16.7 Å². The van der Waals surface area contributed by atoms with Gasteiger partial charge in [-0.2, -0.15) is 0 Å². The average molecular weight is 396 g/mol. The van der Waals surface area contributed by atoms with E-state index < -0.39 is 0 Å². The summed E-state index contributed by atoms with van der Waals surface area (Å²) in [6, 6.07) is 7.19. The second-order valence-electron chi connectivity index (χ2n) is 8.27. The first-order chi connectivity index (χ1) is 14.0. The fourth-order valence-corrected chi connectivity index (χ4v) is 4.51. The number of carbonyl (C=O) groups is 1. The molecule has 0 bridgehead atoms. The second-order valence-corrected chi connectivity index (χ2v) is 8.27. The number of hydrogen-bond acceptors (Lipinski definition) is 4. The lowest BCUT2D eigenvalue weighted by Gasteiger charge is -2.35. The van der Waals surface area contributed by atoms with Gasteiger partial charge >= 0.3 is 0 Å². The van der Waals surface area contributed by atoms with Crippen LogP contribution in [0.15, 0.2) is 35.3 Å². The molecule has 1 aliphatic rings. The number of aryl methyl sites for hydroxylation is 1. The zero-order valence-corrected chi connectivity index (χ0v) is 17.3. The Morgan fingerprint density at radius 3 is 2.72 bits per heavy atom. The molecular formula is C22H28N4O3. The largest absolute Gasteiger partial charge is 0.385 e. The molecule has 0 radical (unpaired) electrons. The minimum Gasteiger partial charge on any atom is -0.385 e. The van der Waals surface area contributed by atoms with E-state index in [-0.39, 0.29) is 11.5 Å². The number of aromatic nitrogens is 3. The quantitative estimate of drug-likeness (QED) is 0.622. The summed E-state index contributed by atoms with van der Waals surface area (Å²) in [7, 11) is 1.66. The van der Waals surface area contributed by atoms with Crippen molar-refractivity contribution in [2.75, 3.05) is 26.8 Å². The summed E-state index contributed by atoms with van der Waals surface area (Å²) in [5.74, 6) is 0.924. The number of amides is 1. The maximum Gasteiger partial charge on any atom is 0.270 e. The fraction of sp³-hybridized carbons (Fsp3) is 0.500. The first kappa shape index (κ1) is 19.6. The fourth-order valence-electron chi connectivity index (χ4n) is 4.51. The molecule has 3 aromatic heterocycles. The van der Waals surface area contributed by atoms with Crippen LogP contribution in [-0.4, -0.2) is 51.6 Å². The van der Waals surface area contributed by atoms with Crippen molar-refractivity contribution >= 4 is 22.6 Å². The number of methoxy groups -OCH3 is 1. The third-order valence-corrected chi connectivity index (χ3v) is 5.68. The van der Waals surface area contributed by atoms with Gasteiger partial charge in [0.2, 0.25) is 0 Å². The SMILES string of the molecule is COCCCn1c(C(=O)N2C[C@H](C)C[C@H](C)C2)cc2c(=O)n3ccccc3nc21. The van der Waals surface area contributed by atoms with Crippen molar-refractivity contribution in [1.29, 1.82) is 0 Å². The third kappa shape index (κ3) is 3.67. The van der Waals surface area contributed by atoms with Crippen LogP contribution < -0.4 is 5.56 Å². The summed E-state index contributed by atoms with van der Waals surface area (Å²) in [4.78, 5) is 33.1. The number of pyridine rings is 1. The predicted octanol–water partition coefficient (Wildman–Crippen LogP) is 2.80. The van der Waals surface area contributed by atoms with Crippen molar-refractivity contribution in [2.24, 2.45) is 11.8 Å². The summed E-state index contributed by atoms with van der Waals surface area (Å²) >= 11 is 0. The monoisotopic (exact) mass is 396 g/mol. The highest BCUT2D eigenvalue weighted by Crippen LogP contribution is 2.25. The van der Waals surface area contributed by atoms with E-state index in [0.717, 1.165) is 25.9 Å². The maximum atomic E-state index is 13.5. The van der Waals surface area contributed by atoms with Gasteiger partial charge in [-0.05, 0) is 42.9 Å². The number of fused-ring (bicyclic) bond motifs is 2. The molecule has 4 heterocycles. The van der Waals surface area contributed by atoms with Gasteiger partial charge in [-0.15, -0.1) is 0 Å². The molecule has 7 nitrogen and oxygen atoms in total. The Bertz CT molecular complexity index is 1090. The first-order valence-electron chi connectivity index (χ1n) is 10.3. The molecule has 0 spiro atoms. The highest BCUT2D eigenvalue weighted by atomic mass is 16.5. The number of nitrogens with zero attached hydrogens (tertiary/aromatic N) is 4. The molecule has 1 amide bonds. The second kappa shape index (κ2) is 7.99. The number of piperidine rings is 1. The zero-order valence-electron chi connectivity index (χ0n) is 17.3. The number of rotatable bonds is 5. The molecule has 0 N–H and O–H groups in total. The van der Waals surface area contributed by atoms with Crippen molar-refractivity contribution in [3.63, 3.8) is 0 Å². The van der Waals surface area contributed by atoms with E-state index in [4.69, 9.17) is 9.72 Å². The maximum absolute atomic E-state index is 13.5. The van der Waals surface area contributed by atoms with Crippen molar-refractivity contribution < 1.29 is 9.53 Å². The van der Waals surface area contributed by atoms with Crippen LogP contribution in [0.3, 0.4) is 0 Å². The van der Waals surface area contributed by atoms with E-state index in [1.54, 1.807) is 25.4 Å². The van der Waals surface area contributed by atoms with Crippen LogP contribution in [0, 0.1) is 11.8 Å². The van der Waals surface area contributed by atoms with Gasteiger partial charge in [0.15, 0.2) is 0 Å². The summed E-state index contributed by atoms with van der Waals surface area (Å²) in [5.41, 5.74) is 1.54. The molecule has 0 aliphatic carbocycles. The van der Waals surface area contributed by atoms with Gasteiger partial charge in [0.05, 0.1) is 5.39 Å². The van der Waals surface area contributed by atoms with Crippen molar-refractivity contribution in [3.8, 4) is 0 Å². The van der Waals surface area contributed by atoms with Crippen LogP contribution in [0.5, 0.6) is 0 Å². The van der Waals surface area contributed by atoms with Gasteiger partial charge in [-0.3, -0.25) is 14.0 Å². The number of ether oxygens (including phenoxy) is 1. The van der Waals surface area contributed by atoms with E-state index in [0.29, 0.717) is 47.4 Å². The molecular weight excluding hydrogens is 368 g/mol. The Labute approximate surface area is 169 Å². The lowest BCUT2D eigenvalue weighted by Crippen LogP contribution is -2.43. The molecule has 1 aliphatic heterocycles. The third-order valence-electron chi connectivity index (χ3n) is 5.68. The van der Waals surface area contributed by atoms with Gasteiger partial charge in [0, 0.05) is 39.5 Å². The molecule has 3 aromatic rings. The van der Waals surface area contributed by atoms with Gasteiger partial charge in [0.25, 0.3) is 11.5 Å². The highest BCUT2D eigenvalue weighted by Gasteiger charge is 2.29. The van der Waals surface area contributed by atoms with Crippen molar-refractivity contribution in [3.05, 3.63) is 46.5 Å². The summed E-state index contributed by atoms with van der Waals surface area (Å²) in [6.45, 7) is 7.02. The Hall–Kier alpha value is -2.67. The molecule has 1 saturated heterocycles. The Morgan fingerprint density at radius 2 is 2.00 bits per heavy atom. The molecule has 29 heavy (non-hydrogen) atoms. The summed E-state index contributed by atoms with van der Waals surface area (Å²) in [5, 5.41) is 0.479. The van der Waals surface area contributed by atoms with Gasteiger partial charge < -0.3 is 14.2 Å². The Morgan fingerprint density at radius 1 is 1.24 bits per heavy atom. The minimum atomic E-state index is -0.148. The number of carbonyl (C=O) groups excluding carboxylic acids is 1. The summed E-state index contributed by atoms with van der Waals surface area (Å²) < 4.78 is 8.62. The molecule has 154 valence electrons. The predicted molar refractivity (Wildman–Crippen MR) is 112 cm³/mol. The molecule has 1 fully saturated rings. The Balaban J connectivity index is 1.84. The van der Waals surface area contributed by atoms with Crippen LogP contribution in [0.2, 0.25) is 0 Å². The molecule has 4 rings (SSSR count). The van der Waals surface area contributed by atoms with Gasteiger partial charge in [-0.25, -0.2) is 4.98 Å². The number of hydrogen-bond donors (Lipinski definition) is 0. The van der Waals surface area contributed by atoms with Crippen molar-refractivity contribution in [1.82, 2.24) is 18.9 Å². The van der Waals surface area contributed by atoms with Crippen LogP contribution in [-0.2, 0) is 11.3 Å². The van der Waals surface area contributed by atoms with E-state index in [9.17, 15) is 9.59 Å². The van der Waals surface area contributed by atoms with E-state index >= 15 is 0 Å². The van der Waals surface area contributed by atoms with Crippen LogP contribution in [0.4, 0.5) is 0 Å². The number of likely N-dealkylation sites (tertiary alicyclic amines) is 1. The average Bonchev–Trinajstić information content (AvgIpc) is 3.06. The normalized spacial score (nSPS) is 19.9. The summed E-state index contributed by atoms with van der Waals surface area (Å²) in [6.07, 6.45) is 3.58. The minimum absolute atomic E-state index is 0.0210. The molecule has 0 saturated carbocycles. The van der Waals surface area contributed by atoms with E-state index in [2.05, 4.69) is 13.8 Å². The molecule has 7 heteroatoms. The lowest BCUT2D eigenvalue weighted by molar-refractivity contribution is 0.0612. The zero-order chi connectivity index (χ0) is 20.5. The standard InChI is InChI=1S/C22H28N4O3/c1-15-11-16(2)14-24(13-15)22(28)18-12-17-20(25(18)9-6-10-29-3)23-19-7-4-5-8-26(19)21(17)27/h4-5,7-8,12,15-16H,6,9-11,13-14H2,1-3H3/t15-,16+. The topological polar surface area (TPSA) is 68.8 Å². The molecule has 2 atom stereocenters. The van der Waals surface area contributed by atoms with Gasteiger partial charge in [-0.1, -0.05) is 19.9 Å². The van der Waals surface area contributed by atoms with Gasteiger partial charge in [0.1, 0.15) is 17.0 Å². The molecule has 0 aromatic carbocycles. The van der Waals surface area contributed by atoms with Crippen LogP contribution >= 0.6 is 0 Å². The highest BCUT2D eigenvalue weighted by molar-refractivity contribution is 5.98. The lowest BCUT2D eigenvalue weighted by atomic mass is 9.92. The van der Waals surface area contributed by atoms with E-state index in [1.165, 1.54) is 4.40 Å². The van der Waals surface area contributed by atoms with E-state index in [1.807, 2.05) is 21.6 Å². The Kier molecular flexibility index (Phi) is 5.41. The smallest absolute Gasteiger partial charge is 0.270 e. The first-order valence-corrected chi connectivity index (χ1v) is 10.3. The van der Waals surface area contributed by atoms with Crippen molar-refractivity contribution in [2.45, 2.75) is 33.2 Å². The molecule has 0 unspecified atom stereocenters.